The van der Waals surface area contributed by atoms with Gasteiger partial charge in [0.25, 0.3) is 0 Å². The summed E-state index contributed by atoms with van der Waals surface area (Å²) in [5.41, 5.74) is -0.261. The highest BCUT2D eigenvalue weighted by Gasteiger charge is 2.45. The lowest BCUT2D eigenvalue weighted by Gasteiger charge is -2.34. The Kier molecular flexibility index (Phi) is 5.07. The van der Waals surface area contributed by atoms with Crippen LogP contribution in [0.1, 0.15) is 25.3 Å². The van der Waals surface area contributed by atoms with Crippen LogP contribution in [0.25, 0.3) is 0 Å². The minimum absolute atomic E-state index is 0.128. The van der Waals surface area contributed by atoms with Crippen LogP contribution in [0.3, 0.4) is 0 Å². The summed E-state index contributed by atoms with van der Waals surface area (Å²) in [4.78, 5) is 12.2. The van der Waals surface area contributed by atoms with Gasteiger partial charge in [-0.15, -0.1) is 0 Å². The molecule has 1 heterocycles. The number of hydrogen-bond acceptors (Lipinski definition) is 5. The van der Waals surface area contributed by atoms with Crippen molar-refractivity contribution in [2.45, 2.75) is 31.6 Å². The van der Waals surface area contributed by atoms with Gasteiger partial charge in [-0.25, -0.2) is 8.42 Å². The molecule has 0 atom stereocenters. The summed E-state index contributed by atoms with van der Waals surface area (Å²) >= 11 is 0. The van der Waals surface area contributed by atoms with Gasteiger partial charge in [-0.3, -0.25) is 4.79 Å². The molecule has 1 aromatic rings. The molecule has 1 aliphatic rings. The van der Waals surface area contributed by atoms with Crippen molar-refractivity contribution in [3.05, 3.63) is 29.8 Å². The fourth-order valence-corrected chi connectivity index (χ4v) is 4.04. The molecule has 1 fully saturated rings. The van der Waals surface area contributed by atoms with Gasteiger partial charge in [0.15, 0.2) is 5.41 Å². The number of sulfonamides is 1. The molecule has 23 heavy (non-hydrogen) atoms. The Balaban J connectivity index is 2.16. The second-order valence-corrected chi connectivity index (χ2v) is 7.57. The van der Waals surface area contributed by atoms with E-state index in [2.05, 4.69) is 0 Å². The zero-order valence-corrected chi connectivity index (χ0v) is 14.1. The highest BCUT2D eigenvalue weighted by Crippen LogP contribution is 2.34. The van der Waals surface area contributed by atoms with Crippen molar-refractivity contribution in [1.29, 1.82) is 5.26 Å². The molecule has 0 aromatic heterocycles. The molecule has 0 spiro atoms. The van der Waals surface area contributed by atoms with Gasteiger partial charge in [-0.05, 0) is 38.8 Å². The molecule has 0 bridgehead atoms. The van der Waals surface area contributed by atoms with Crippen LogP contribution in [0.15, 0.2) is 29.2 Å². The summed E-state index contributed by atoms with van der Waals surface area (Å²) in [6.07, 6.45) is 0.293. The topological polar surface area (TPSA) is 87.5 Å². The number of rotatable bonds is 4. The third-order valence-corrected chi connectivity index (χ3v) is 6.03. The smallest absolute Gasteiger partial charge is 0.326 e. The van der Waals surface area contributed by atoms with Crippen molar-refractivity contribution in [2.75, 3.05) is 19.7 Å². The van der Waals surface area contributed by atoms with E-state index in [1.54, 1.807) is 31.2 Å². The van der Waals surface area contributed by atoms with Crippen LogP contribution in [0.2, 0.25) is 0 Å². The molecule has 0 saturated carbocycles. The Morgan fingerprint density at radius 3 is 2.35 bits per heavy atom. The number of esters is 1. The standard InChI is InChI=1S/C16H20N2O4S/c1-3-22-15(19)16(12-17)8-10-18(11-9-16)23(20,21)14-6-4-13(2)5-7-14/h4-7H,3,8-11H2,1-2H3. The summed E-state index contributed by atoms with van der Waals surface area (Å²) in [5.74, 6) is -0.560. The SMILES string of the molecule is CCOC(=O)C1(C#N)CCN(S(=O)(=O)c2ccc(C)cc2)CC1. The normalized spacial score (nSPS) is 18.1. The zero-order valence-electron chi connectivity index (χ0n) is 13.3. The fraction of sp³-hybridized carbons (Fsp3) is 0.500. The van der Waals surface area contributed by atoms with Gasteiger partial charge in [0.2, 0.25) is 10.0 Å². The summed E-state index contributed by atoms with van der Waals surface area (Å²) in [5, 5.41) is 9.36. The summed E-state index contributed by atoms with van der Waals surface area (Å²) < 4.78 is 31.5. The number of nitrogens with zero attached hydrogens (tertiary/aromatic N) is 2. The number of aryl methyl sites for hydroxylation is 1. The number of hydrogen-bond donors (Lipinski definition) is 0. The molecule has 0 amide bonds. The predicted molar refractivity (Wildman–Crippen MR) is 83.9 cm³/mol. The monoisotopic (exact) mass is 336 g/mol. The average Bonchev–Trinajstić information content (AvgIpc) is 2.55. The van der Waals surface area contributed by atoms with Crippen molar-refractivity contribution < 1.29 is 17.9 Å². The fourth-order valence-electron chi connectivity index (χ4n) is 2.60. The minimum atomic E-state index is -3.60. The van der Waals surface area contributed by atoms with E-state index in [-0.39, 0.29) is 37.4 Å². The first-order valence-electron chi connectivity index (χ1n) is 7.51. The molecular formula is C16H20N2O4S. The van der Waals surface area contributed by atoms with E-state index in [0.717, 1.165) is 5.56 Å². The van der Waals surface area contributed by atoms with Crippen molar-refractivity contribution in [2.24, 2.45) is 5.41 Å². The van der Waals surface area contributed by atoms with E-state index in [1.807, 2.05) is 13.0 Å². The molecule has 1 aliphatic heterocycles. The van der Waals surface area contributed by atoms with Gasteiger partial charge in [0.05, 0.1) is 17.6 Å². The van der Waals surface area contributed by atoms with Crippen molar-refractivity contribution >= 4 is 16.0 Å². The molecule has 0 unspecified atom stereocenters. The molecule has 1 saturated heterocycles. The van der Waals surface area contributed by atoms with E-state index in [0.29, 0.717) is 0 Å². The first-order valence-corrected chi connectivity index (χ1v) is 8.95. The lowest BCUT2D eigenvalue weighted by molar-refractivity contribution is -0.153. The molecule has 124 valence electrons. The maximum absolute atomic E-state index is 12.6. The quantitative estimate of drug-likeness (QED) is 0.783. The van der Waals surface area contributed by atoms with E-state index in [9.17, 15) is 18.5 Å². The summed E-state index contributed by atoms with van der Waals surface area (Å²) in [6, 6.07) is 8.66. The molecule has 2 rings (SSSR count). The first-order chi connectivity index (χ1) is 10.9. The van der Waals surface area contributed by atoms with Crippen LogP contribution in [0.4, 0.5) is 0 Å². The van der Waals surface area contributed by atoms with Crippen LogP contribution in [-0.4, -0.2) is 38.4 Å². The van der Waals surface area contributed by atoms with Gasteiger partial charge >= 0.3 is 5.97 Å². The van der Waals surface area contributed by atoms with Crippen LogP contribution >= 0.6 is 0 Å². The summed E-state index contributed by atoms with van der Waals surface area (Å²) in [7, 11) is -3.60. The predicted octanol–water partition coefficient (Wildman–Crippen LogP) is 1.85. The Labute approximate surface area is 136 Å². The van der Waals surface area contributed by atoms with Crippen LogP contribution in [-0.2, 0) is 19.6 Å². The Hall–Kier alpha value is -1.91. The molecule has 0 radical (unpaired) electrons. The second-order valence-electron chi connectivity index (χ2n) is 5.63. The van der Waals surface area contributed by atoms with E-state index >= 15 is 0 Å². The minimum Gasteiger partial charge on any atom is -0.465 e. The van der Waals surface area contributed by atoms with E-state index in [1.165, 1.54) is 4.31 Å². The van der Waals surface area contributed by atoms with Gasteiger partial charge in [0.1, 0.15) is 0 Å². The van der Waals surface area contributed by atoms with Crippen molar-refractivity contribution in [1.82, 2.24) is 4.31 Å². The molecule has 0 aliphatic carbocycles. The van der Waals surface area contributed by atoms with Crippen LogP contribution in [0, 0.1) is 23.7 Å². The average molecular weight is 336 g/mol. The number of carbonyl (C=O) groups excluding carboxylic acids is 1. The number of ether oxygens (including phenoxy) is 1. The number of carbonyl (C=O) groups is 1. The molecule has 7 heteroatoms. The molecule has 1 aromatic carbocycles. The lowest BCUT2D eigenvalue weighted by atomic mass is 9.80. The Morgan fingerprint density at radius 1 is 1.30 bits per heavy atom. The van der Waals surface area contributed by atoms with Gasteiger partial charge < -0.3 is 4.74 Å². The van der Waals surface area contributed by atoms with E-state index in [4.69, 9.17) is 4.74 Å². The van der Waals surface area contributed by atoms with E-state index < -0.39 is 21.4 Å². The highest BCUT2D eigenvalue weighted by molar-refractivity contribution is 7.89. The zero-order chi connectivity index (χ0) is 17.1. The molecule has 0 N–H and O–H groups in total. The maximum atomic E-state index is 12.6. The van der Waals surface area contributed by atoms with Crippen LogP contribution < -0.4 is 0 Å². The number of nitriles is 1. The summed E-state index contributed by atoms with van der Waals surface area (Å²) in [6.45, 7) is 4.02. The third kappa shape index (κ3) is 3.38. The number of piperidine rings is 1. The van der Waals surface area contributed by atoms with Gasteiger partial charge in [-0.1, -0.05) is 17.7 Å². The van der Waals surface area contributed by atoms with Crippen molar-refractivity contribution in [3.63, 3.8) is 0 Å². The molecular weight excluding hydrogens is 316 g/mol. The van der Waals surface area contributed by atoms with Crippen molar-refractivity contribution in [3.8, 4) is 6.07 Å². The Bertz CT molecular complexity index is 711. The third-order valence-electron chi connectivity index (χ3n) is 4.11. The first kappa shape index (κ1) is 17.4. The maximum Gasteiger partial charge on any atom is 0.326 e. The highest BCUT2D eigenvalue weighted by atomic mass is 32.2. The van der Waals surface area contributed by atoms with Gasteiger partial charge in [0, 0.05) is 13.1 Å². The largest absolute Gasteiger partial charge is 0.465 e. The molecule has 6 nitrogen and oxygen atoms in total. The Morgan fingerprint density at radius 2 is 1.87 bits per heavy atom. The second kappa shape index (κ2) is 6.69. The lowest BCUT2D eigenvalue weighted by Crippen LogP contribution is -2.46. The number of benzene rings is 1. The van der Waals surface area contributed by atoms with Crippen LogP contribution in [0.5, 0.6) is 0 Å². The van der Waals surface area contributed by atoms with Gasteiger partial charge in [-0.2, -0.15) is 9.57 Å².